The number of carbonyl (C=O) groups is 1. The van der Waals surface area contributed by atoms with E-state index in [1.807, 2.05) is 31.7 Å². The monoisotopic (exact) mass is 346 g/mol. The molecule has 0 spiro atoms. The molecule has 2 rings (SSSR count). The van der Waals surface area contributed by atoms with Crippen LogP contribution < -0.4 is 0 Å². The average Bonchev–Trinajstić information content (AvgIpc) is 2.59. The third kappa shape index (κ3) is 5.55. The Balaban J connectivity index is 2.00. The molecule has 0 bridgehead atoms. The van der Waals surface area contributed by atoms with Crippen LogP contribution in [0.4, 0.5) is 0 Å². The van der Waals surface area contributed by atoms with Crippen molar-refractivity contribution >= 4 is 5.91 Å². The summed E-state index contributed by atoms with van der Waals surface area (Å²) < 4.78 is 0. The first-order chi connectivity index (χ1) is 11.8. The first-order valence-corrected chi connectivity index (χ1v) is 9.48. The van der Waals surface area contributed by atoms with E-state index in [0.29, 0.717) is 5.92 Å². The second kappa shape index (κ2) is 8.81. The summed E-state index contributed by atoms with van der Waals surface area (Å²) in [7, 11) is 2.14. The van der Waals surface area contributed by atoms with E-state index in [0.717, 1.165) is 32.5 Å². The highest BCUT2D eigenvalue weighted by Crippen LogP contribution is 2.27. The van der Waals surface area contributed by atoms with Crippen molar-refractivity contribution < 1.29 is 9.90 Å². The fraction of sp³-hybridized carbons (Fsp3) is 0.667. The Hall–Kier alpha value is -1.39. The second-order valence-corrected chi connectivity index (χ2v) is 8.39. The van der Waals surface area contributed by atoms with Crippen molar-refractivity contribution in [1.82, 2.24) is 9.80 Å². The van der Waals surface area contributed by atoms with Gasteiger partial charge >= 0.3 is 0 Å². The maximum Gasteiger partial charge on any atom is 0.227 e. The zero-order valence-corrected chi connectivity index (χ0v) is 16.2. The van der Waals surface area contributed by atoms with Gasteiger partial charge in [-0.25, -0.2) is 0 Å². The normalized spacial score (nSPS) is 19.9. The molecule has 1 N–H and O–H groups in total. The molecular formula is C21H34N2O2. The number of hydrogen-bond acceptors (Lipinski definition) is 3. The molecule has 1 amide bonds. The lowest BCUT2D eigenvalue weighted by Crippen LogP contribution is -2.47. The molecule has 0 saturated carbocycles. The number of aliphatic hydroxyl groups is 1. The number of likely N-dealkylation sites (tertiary alicyclic amines) is 1. The Morgan fingerprint density at radius 1 is 1.32 bits per heavy atom. The number of nitrogens with zero attached hydrogens (tertiary/aromatic N) is 2. The SMILES string of the molecule is CN(C[C@H]1CCCN(C(=O)C(C)(C)C)C1)[C@@H](CCO)c1ccccc1. The molecule has 0 unspecified atom stereocenters. The van der Waals surface area contributed by atoms with E-state index in [4.69, 9.17) is 0 Å². The molecule has 1 heterocycles. The van der Waals surface area contributed by atoms with Crippen LogP contribution in [0.2, 0.25) is 0 Å². The van der Waals surface area contributed by atoms with Crippen LogP contribution in [0.25, 0.3) is 0 Å². The fourth-order valence-corrected chi connectivity index (χ4v) is 3.85. The van der Waals surface area contributed by atoms with Crippen LogP contribution in [0.3, 0.4) is 0 Å². The van der Waals surface area contributed by atoms with Crippen molar-refractivity contribution in [2.24, 2.45) is 11.3 Å². The molecule has 1 fully saturated rings. The molecule has 1 saturated heterocycles. The van der Waals surface area contributed by atoms with E-state index in [1.54, 1.807) is 0 Å². The minimum atomic E-state index is -0.308. The van der Waals surface area contributed by atoms with Gasteiger partial charge < -0.3 is 10.0 Å². The molecule has 4 nitrogen and oxygen atoms in total. The van der Waals surface area contributed by atoms with Crippen LogP contribution in [-0.2, 0) is 4.79 Å². The molecule has 0 aromatic heterocycles. The quantitative estimate of drug-likeness (QED) is 0.859. The zero-order chi connectivity index (χ0) is 18.4. The summed E-state index contributed by atoms with van der Waals surface area (Å²) in [4.78, 5) is 17.0. The van der Waals surface area contributed by atoms with Gasteiger partial charge in [-0.2, -0.15) is 0 Å². The van der Waals surface area contributed by atoms with Crippen LogP contribution in [0, 0.1) is 11.3 Å². The van der Waals surface area contributed by atoms with Gasteiger partial charge in [0.2, 0.25) is 5.91 Å². The lowest BCUT2D eigenvalue weighted by molar-refractivity contribution is -0.141. The second-order valence-electron chi connectivity index (χ2n) is 8.39. The molecule has 0 radical (unpaired) electrons. The molecule has 2 atom stereocenters. The van der Waals surface area contributed by atoms with Gasteiger partial charge in [0.25, 0.3) is 0 Å². The zero-order valence-electron chi connectivity index (χ0n) is 16.2. The Kier molecular flexibility index (Phi) is 7.03. The van der Waals surface area contributed by atoms with Gasteiger partial charge in [0.05, 0.1) is 0 Å². The third-order valence-electron chi connectivity index (χ3n) is 5.11. The van der Waals surface area contributed by atoms with E-state index >= 15 is 0 Å². The molecule has 25 heavy (non-hydrogen) atoms. The van der Waals surface area contributed by atoms with Gasteiger partial charge in [-0.15, -0.1) is 0 Å². The summed E-state index contributed by atoms with van der Waals surface area (Å²) in [6.07, 6.45) is 2.98. The Bertz CT molecular complexity index is 539. The molecule has 1 aliphatic rings. The largest absolute Gasteiger partial charge is 0.396 e. The smallest absolute Gasteiger partial charge is 0.227 e. The minimum Gasteiger partial charge on any atom is -0.396 e. The topological polar surface area (TPSA) is 43.8 Å². The van der Waals surface area contributed by atoms with Crippen LogP contribution >= 0.6 is 0 Å². The van der Waals surface area contributed by atoms with Gasteiger partial charge in [-0.3, -0.25) is 9.69 Å². The summed E-state index contributed by atoms with van der Waals surface area (Å²) in [6.45, 7) is 8.86. The van der Waals surface area contributed by atoms with E-state index in [1.165, 1.54) is 12.0 Å². The number of amides is 1. The number of hydrogen-bond donors (Lipinski definition) is 1. The minimum absolute atomic E-state index is 0.184. The van der Waals surface area contributed by atoms with Crippen LogP contribution in [0.1, 0.15) is 51.6 Å². The lowest BCUT2D eigenvalue weighted by atomic mass is 9.90. The van der Waals surface area contributed by atoms with Gasteiger partial charge in [-0.1, -0.05) is 51.1 Å². The predicted molar refractivity (Wildman–Crippen MR) is 102 cm³/mol. The van der Waals surface area contributed by atoms with Crippen LogP contribution in [0.15, 0.2) is 30.3 Å². The van der Waals surface area contributed by atoms with Crippen LogP contribution in [-0.4, -0.2) is 54.1 Å². The van der Waals surface area contributed by atoms with E-state index in [2.05, 4.69) is 36.2 Å². The number of aliphatic hydroxyl groups excluding tert-OH is 1. The summed E-state index contributed by atoms with van der Waals surface area (Å²) >= 11 is 0. The summed E-state index contributed by atoms with van der Waals surface area (Å²) in [6, 6.07) is 10.6. The van der Waals surface area contributed by atoms with E-state index in [9.17, 15) is 9.90 Å². The molecule has 0 aliphatic carbocycles. The van der Waals surface area contributed by atoms with Crippen molar-refractivity contribution in [2.45, 2.75) is 46.1 Å². The maximum atomic E-state index is 12.6. The van der Waals surface area contributed by atoms with E-state index < -0.39 is 0 Å². The highest BCUT2D eigenvalue weighted by molar-refractivity contribution is 5.81. The first-order valence-electron chi connectivity index (χ1n) is 9.48. The summed E-state index contributed by atoms with van der Waals surface area (Å²) in [5, 5.41) is 9.48. The van der Waals surface area contributed by atoms with Gasteiger partial charge in [0.1, 0.15) is 0 Å². The van der Waals surface area contributed by atoms with E-state index in [-0.39, 0.29) is 24.0 Å². The fourth-order valence-electron chi connectivity index (χ4n) is 3.85. The highest BCUT2D eigenvalue weighted by Gasteiger charge is 2.32. The molecule has 1 aromatic carbocycles. The summed E-state index contributed by atoms with van der Waals surface area (Å²) in [5.41, 5.74) is 0.939. The third-order valence-corrected chi connectivity index (χ3v) is 5.11. The molecule has 1 aliphatic heterocycles. The number of piperidine rings is 1. The first kappa shape index (κ1) is 19.9. The van der Waals surface area contributed by atoms with Crippen molar-refractivity contribution in [3.8, 4) is 0 Å². The lowest BCUT2D eigenvalue weighted by Gasteiger charge is -2.39. The van der Waals surface area contributed by atoms with Gasteiger partial charge in [0.15, 0.2) is 0 Å². The maximum absolute atomic E-state index is 12.6. The van der Waals surface area contributed by atoms with Crippen molar-refractivity contribution in [3.63, 3.8) is 0 Å². The number of carbonyl (C=O) groups excluding carboxylic acids is 1. The van der Waals surface area contributed by atoms with Crippen molar-refractivity contribution in [2.75, 3.05) is 33.3 Å². The number of benzene rings is 1. The van der Waals surface area contributed by atoms with Crippen LogP contribution in [0.5, 0.6) is 0 Å². The highest BCUT2D eigenvalue weighted by atomic mass is 16.3. The number of rotatable bonds is 6. The Morgan fingerprint density at radius 3 is 2.60 bits per heavy atom. The molecular weight excluding hydrogens is 312 g/mol. The Morgan fingerprint density at radius 2 is 2.00 bits per heavy atom. The van der Waals surface area contributed by atoms with Gasteiger partial charge in [-0.05, 0) is 37.8 Å². The van der Waals surface area contributed by atoms with Crippen molar-refractivity contribution in [1.29, 1.82) is 0 Å². The summed E-state index contributed by atoms with van der Waals surface area (Å²) in [5.74, 6) is 0.754. The van der Waals surface area contributed by atoms with Crippen molar-refractivity contribution in [3.05, 3.63) is 35.9 Å². The predicted octanol–water partition coefficient (Wildman–Crippen LogP) is 3.33. The standard InChI is InChI=1S/C21H34N2O2/c1-21(2,3)20(25)23-13-8-9-17(16-23)15-22(4)19(12-14-24)18-10-6-5-7-11-18/h5-7,10-11,17,19,24H,8-9,12-16H2,1-4H3/t17-,19+/m1/s1. The Labute approximate surface area is 152 Å². The molecule has 140 valence electrons. The average molecular weight is 347 g/mol. The van der Waals surface area contributed by atoms with Gasteiger partial charge in [0, 0.05) is 37.7 Å². The molecule has 4 heteroatoms. The molecule has 1 aromatic rings.